The van der Waals surface area contributed by atoms with Crippen LogP contribution < -0.4 is 4.90 Å². The Hall–Kier alpha value is -2.18. The molecule has 0 bridgehead atoms. The molecule has 29 heavy (non-hydrogen) atoms. The molecule has 1 aliphatic carbocycles. The number of likely N-dealkylation sites (N-methyl/N-ethyl adjacent to an activating group) is 1. The first kappa shape index (κ1) is 20.1. The number of rotatable bonds is 6. The van der Waals surface area contributed by atoms with Gasteiger partial charge >= 0.3 is 0 Å². The molecule has 7 heteroatoms. The fraction of sp³-hybridized carbons (Fsp3) is 0.409. The summed E-state index contributed by atoms with van der Waals surface area (Å²) in [4.78, 5) is 6.29. The van der Waals surface area contributed by atoms with Crippen molar-refractivity contribution in [2.45, 2.75) is 44.6 Å². The first-order valence-corrected chi connectivity index (χ1v) is 11.0. The highest BCUT2D eigenvalue weighted by Crippen LogP contribution is 2.33. The molecule has 0 N–H and O–H groups in total. The van der Waals surface area contributed by atoms with Crippen molar-refractivity contribution >= 4 is 29.5 Å². The molecule has 2 heterocycles. The van der Waals surface area contributed by atoms with E-state index in [1.54, 1.807) is 0 Å². The average Bonchev–Trinajstić information content (AvgIpc) is 3.10. The Morgan fingerprint density at radius 3 is 2.45 bits per heavy atom. The highest BCUT2D eigenvalue weighted by atomic mass is 35.5. The zero-order chi connectivity index (χ0) is 20.2. The molecular formula is C22H26ClN5S. The summed E-state index contributed by atoms with van der Waals surface area (Å²) >= 11 is 12.0. The third-order valence-corrected chi connectivity index (χ3v) is 6.32. The predicted molar refractivity (Wildman–Crippen MR) is 121 cm³/mol. The second-order valence-electron chi connectivity index (χ2n) is 7.64. The Balaban J connectivity index is 1.64. The lowest BCUT2D eigenvalue weighted by Crippen LogP contribution is -2.23. The molecule has 1 fully saturated rings. The lowest BCUT2D eigenvalue weighted by atomic mass is 9.88. The van der Waals surface area contributed by atoms with Gasteiger partial charge in [-0.2, -0.15) is 5.10 Å². The number of pyridine rings is 1. The summed E-state index contributed by atoms with van der Waals surface area (Å²) in [5.41, 5.74) is 2.17. The maximum absolute atomic E-state index is 6.11. The molecule has 0 saturated heterocycles. The SMILES string of the molecule is CN(CCn1nc(C2CCCCC2)n(-c2ccc(Cl)cc2)c1=S)c1ccncc1. The van der Waals surface area contributed by atoms with Crippen LogP contribution in [-0.2, 0) is 6.54 Å². The molecule has 1 saturated carbocycles. The lowest BCUT2D eigenvalue weighted by molar-refractivity contribution is 0.421. The monoisotopic (exact) mass is 427 g/mol. The van der Waals surface area contributed by atoms with Crippen LogP contribution in [0, 0.1) is 4.77 Å². The Labute approximate surface area is 182 Å². The van der Waals surface area contributed by atoms with E-state index in [4.69, 9.17) is 28.9 Å². The fourth-order valence-corrected chi connectivity index (χ4v) is 4.46. The molecule has 0 aliphatic heterocycles. The topological polar surface area (TPSA) is 38.9 Å². The second kappa shape index (κ2) is 9.09. The molecule has 1 aromatic carbocycles. The van der Waals surface area contributed by atoms with Crippen molar-refractivity contribution in [3.63, 3.8) is 0 Å². The zero-order valence-electron chi connectivity index (χ0n) is 16.7. The number of nitrogens with zero attached hydrogens (tertiary/aromatic N) is 5. The second-order valence-corrected chi connectivity index (χ2v) is 8.44. The molecule has 0 amide bonds. The average molecular weight is 428 g/mol. The van der Waals surface area contributed by atoms with Crippen LogP contribution in [0.25, 0.3) is 5.69 Å². The van der Waals surface area contributed by atoms with Gasteiger partial charge in [0, 0.05) is 48.3 Å². The van der Waals surface area contributed by atoms with E-state index < -0.39 is 0 Å². The number of benzene rings is 1. The quantitative estimate of drug-likeness (QED) is 0.477. The van der Waals surface area contributed by atoms with Crippen LogP contribution in [0.4, 0.5) is 5.69 Å². The van der Waals surface area contributed by atoms with Gasteiger partial charge in [0.2, 0.25) is 4.77 Å². The van der Waals surface area contributed by atoms with Gasteiger partial charge in [-0.3, -0.25) is 9.55 Å². The fourth-order valence-electron chi connectivity index (χ4n) is 4.00. The van der Waals surface area contributed by atoms with Gasteiger partial charge in [-0.05, 0) is 61.5 Å². The van der Waals surface area contributed by atoms with Crippen LogP contribution in [0.15, 0.2) is 48.8 Å². The van der Waals surface area contributed by atoms with E-state index in [1.165, 1.54) is 32.1 Å². The van der Waals surface area contributed by atoms with Gasteiger partial charge in [0.25, 0.3) is 0 Å². The summed E-state index contributed by atoms with van der Waals surface area (Å²) < 4.78 is 4.87. The minimum atomic E-state index is 0.459. The van der Waals surface area contributed by atoms with E-state index in [0.29, 0.717) is 5.92 Å². The van der Waals surface area contributed by atoms with Gasteiger partial charge in [0.1, 0.15) is 5.82 Å². The van der Waals surface area contributed by atoms with E-state index in [0.717, 1.165) is 40.1 Å². The first-order valence-electron chi connectivity index (χ1n) is 10.2. The Morgan fingerprint density at radius 1 is 1.07 bits per heavy atom. The maximum atomic E-state index is 6.11. The Kier molecular flexibility index (Phi) is 6.31. The van der Waals surface area contributed by atoms with Gasteiger partial charge in [0.15, 0.2) is 0 Å². The molecule has 2 aromatic heterocycles. The van der Waals surface area contributed by atoms with Crippen LogP contribution in [0.2, 0.25) is 5.02 Å². The molecule has 152 valence electrons. The highest BCUT2D eigenvalue weighted by Gasteiger charge is 2.23. The standard InChI is InChI=1S/C22H26ClN5S/c1-26(19-11-13-24-14-12-19)15-16-27-22(29)28(20-9-7-18(23)8-10-20)21(25-27)17-5-3-2-4-6-17/h7-14,17H,2-6,15-16H2,1H3. The molecular weight excluding hydrogens is 402 g/mol. The molecule has 0 radical (unpaired) electrons. The van der Waals surface area contributed by atoms with Crippen molar-refractivity contribution in [1.29, 1.82) is 0 Å². The van der Waals surface area contributed by atoms with Crippen molar-refractivity contribution in [3.8, 4) is 5.69 Å². The van der Waals surface area contributed by atoms with Crippen LogP contribution in [0.1, 0.15) is 43.8 Å². The molecule has 5 nitrogen and oxygen atoms in total. The molecule has 1 aliphatic rings. The number of aromatic nitrogens is 4. The van der Waals surface area contributed by atoms with Crippen molar-refractivity contribution < 1.29 is 0 Å². The van der Waals surface area contributed by atoms with Crippen molar-refractivity contribution in [1.82, 2.24) is 19.3 Å². The summed E-state index contributed by atoms with van der Waals surface area (Å²) in [6, 6.07) is 11.9. The van der Waals surface area contributed by atoms with Crippen molar-refractivity contribution in [2.75, 3.05) is 18.5 Å². The largest absolute Gasteiger partial charge is 0.373 e. The summed E-state index contributed by atoms with van der Waals surface area (Å²) in [5, 5.41) is 5.73. The molecule has 3 aromatic rings. The third kappa shape index (κ3) is 4.54. The van der Waals surface area contributed by atoms with Crippen LogP contribution in [0.3, 0.4) is 0 Å². The number of hydrogen-bond acceptors (Lipinski definition) is 4. The molecule has 0 unspecified atom stereocenters. The minimum Gasteiger partial charge on any atom is -0.373 e. The van der Waals surface area contributed by atoms with E-state index in [2.05, 4.69) is 21.5 Å². The first-order chi connectivity index (χ1) is 14.1. The summed E-state index contributed by atoms with van der Waals surface area (Å²) in [6.45, 7) is 1.55. The number of hydrogen-bond donors (Lipinski definition) is 0. The Bertz CT molecular complexity index is 990. The smallest absolute Gasteiger partial charge is 0.202 e. The van der Waals surface area contributed by atoms with Gasteiger partial charge in [0.05, 0.1) is 6.54 Å². The van der Waals surface area contributed by atoms with Crippen LogP contribution in [-0.4, -0.2) is 32.9 Å². The number of anilines is 1. The van der Waals surface area contributed by atoms with Gasteiger partial charge < -0.3 is 4.90 Å². The third-order valence-electron chi connectivity index (χ3n) is 5.67. The predicted octanol–water partition coefficient (Wildman–Crippen LogP) is 5.64. The summed E-state index contributed by atoms with van der Waals surface area (Å²) in [6.07, 6.45) is 9.81. The highest BCUT2D eigenvalue weighted by molar-refractivity contribution is 7.71. The summed E-state index contributed by atoms with van der Waals surface area (Å²) in [7, 11) is 2.08. The van der Waals surface area contributed by atoms with E-state index >= 15 is 0 Å². The maximum Gasteiger partial charge on any atom is 0.202 e. The van der Waals surface area contributed by atoms with E-state index in [-0.39, 0.29) is 0 Å². The molecule has 4 rings (SSSR count). The lowest BCUT2D eigenvalue weighted by Gasteiger charge is -2.21. The van der Waals surface area contributed by atoms with Gasteiger partial charge in [-0.15, -0.1) is 0 Å². The minimum absolute atomic E-state index is 0.459. The zero-order valence-corrected chi connectivity index (χ0v) is 18.2. The van der Waals surface area contributed by atoms with Crippen LogP contribution >= 0.6 is 23.8 Å². The van der Waals surface area contributed by atoms with Crippen molar-refractivity contribution in [2.24, 2.45) is 0 Å². The number of halogens is 1. The molecule has 0 spiro atoms. The van der Waals surface area contributed by atoms with Gasteiger partial charge in [-0.1, -0.05) is 30.9 Å². The van der Waals surface area contributed by atoms with Gasteiger partial charge in [-0.25, -0.2) is 4.68 Å². The van der Waals surface area contributed by atoms with E-state index in [1.807, 2.05) is 53.5 Å². The van der Waals surface area contributed by atoms with E-state index in [9.17, 15) is 0 Å². The normalized spacial score (nSPS) is 14.8. The summed E-state index contributed by atoms with van der Waals surface area (Å²) in [5.74, 6) is 1.55. The van der Waals surface area contributed by atoms with Crippen LogP contribution in [0.5, 0.6) is 0 Å². The molecule has 0 atom stereocenters. The Morgan fingerprint density at radius 2 is 1.76 bits per heavy atom. The van der Waals surface area contributed by atoms with Crippen molar-refractivity contribution in [3.05, 3.63) is 64.4 Å².